The Hall–Kier alpha value is -3.56. The van der Waals surface area contributed by atoms with E-state index in [4.69, 9.17) is 16.3 Å². The molecule has 0 N–H and O–H groups in total. The molecule has 1 aliphatic heterocycles. The van der Waals surface area contributed by atoms with Gasteiger partial charge in [-0.1, -0.05) is 53.3 Å². The predicted octanol–water partition coefficient (Wildman–Crippen LogP) is 3.36. The lowest BCUT2D eigenvalue weighted by molar-refractivity contribution is -0.384. The van der Waals surface area contributed by atoms with Gasteiger partial charge in [-0.15, -0.1) is 0 Å². The molecule has 2 heterocycles. The Morgan fingerprint density at radius 1 is 1.30 bits per heavy atom. The second-order valence-corrected chi connectivity index (χ2v) is 8.59. The molecule has 0 fully saturated rings. The van der Waals surface area contributed by atoms with Crippen molar-refractivity contribution in [1.29, 1.82) is 0 Å². The van der Waals surface area contributed by atoms with E-state index in [1.807, 2.05) is 0 Å². The fourth-order valence-corrected chi connectivity index (χ4v) is 4.95. The standard InChI is InChI=1S/C23H18ClN3O5S/c1-3-32-22(29)19-13(2)25-23-26(20(19)16-9-4-5-10-17(16)24)21(28)18(33-23)12-14-7-6-8-15(11-14)27(30)31/h4-12,20H,3H2,1-2H3/b18-12+/t20-/m1/s1. The van der Waals surface area contributed by atoms with Crippen molar-refractivity contribution >= 4 is 40.7 Å². The third kappa shape index (κ3) is 4.24. The van der Waals surface area contributed by atoms with Crippen molar-refractivity contribution in [3.63, 3.8) is 0 Å². The molecule has 1 atom stereocenters. The summed E-state index contributed by atoms with van der Waals surface area (Å²) in [7, 11) is 0. The number of halogens is 1. The average molecular weight is 484 g/mol. The molecule has 1 aromatic heterocycles. The molecule has 4 rings (SSSR count). The third-order valence-corrected chi connectivity index (χ3v) is 6.42. The molecule has 33 heavy (non-hydrogen) atoms. The van der Waals surface area contributed by atoms with Gasteiger partial charge in [0.2, 0.25) is 0 Å². The summed E-state index contributed by atoms with van der Waals surface area (Å²) in [6.45, 7) is 3.56. The van der Waals surface area contributed by atoms with Gasteiger partial charge in [0.1, 0.15) is 6.04 Å². The molecule has 0 radical (unpaired) electrons. The molecule has 1 aliphatic rings. The summed E-state index contributed by atoms with van der Waals surface area (Å²) in [5.41, 5.74) is 1.28. The van der Waals surface area contributed by atoms with Crippen molar-refractivity contribution in [2.75, 3.05) is 6.61 Å². The van der Waals surface area contributed by atoms with Crippen molar-refractivity contribution in [2.24, 2.45) is 4.99 Å². The Labute approximate surface area is 196 Å². The number of aromatic nitrogens is 1. The van der Waals surface area contributed by atoms with Crippen LogP contribution >= 0.6 is 22.9 Å². The highest BCUT2D eigenvalue weighted by Crippen LogP contribution is 2.34. The van der Waals surface area contributed by atoms with Crippen LogP contribution < -0.4 is 14.9 Å². The molecule has 2 aromatic carbocycles. The van der Waals surface area contributed by atoms with Gasteiger partial charge in [0, 0.05) is 17.2 Å². The topological polar surface area (TPSA) is 104 Å². The Morgan fingerprint density at radius 3 is 2.76 bits per heavy atom. The maximum Gasteiger partial charge on any atom is 0.338 e. The van der Waals surface area contributed by atoms with Crippen LogP contribution in [0.2, 0.25) is 5.02 Å². The van der Waals surface area contributed by atoms with Crippen molar-refractivity contribution < 1.29 is 14.5 Å². The number of fused-ring (bicyclic) bond motifs is 1. The number of nitro benzene ring substituents is 1. The maximum absolute atomic E-state index is 13.5. The van der Waals surface area contributed by atoms with Gasteiger partial charge < -0.3 is 4.74 Å². The highest BCUT2D eigenvalue weighted by Gasteiger charge is 2.34. The molecule has 0 saturated heterocycles. The largest absolute Gasteiger partial charge is 0.463 e. The molecule has 0 spiro atoms. The van der Waals surface area contributed by atoms with Crippen LogP contribution in [0.1, 0.15) is 31.0 Å². The maximum atomic E-state index is 13.5. The van der Waals surface area contributed by atoms with Gasteiger partial charge in [-0.25, -0.2) is 9.79 Å². The number of carbonyl (C=O) groups excluding carboxylic acids is 1. The summed E-state index contributed by atoms with van der Waals surface area (Å²) >= 11 is 7.60. The second kappa shape index (κ2) is 9.13. The van der Waals surface area contributed by atoms with Crippen LogP contribution in [0.5, 0.6) is 0 Å². The van der Waals surface area contributed by atoms with Crippen LogP contribution in [0.4, 0.5) is 5.69 Å². The predicted molar refractivity (Wildman–Crippen MR) is 125 cm³/mol. The third-order valence-electron chi connectivity index (χ3n) is 5.10. The van der Waals surface area contributed by atoms with Gasteiger partial charge in [0.15, 0.2) is 4.80 Å². The molecule has 10 heteroatoms. The molecule has 0 unspecified atom stereocenters. The minimum atomic E-state index is -0.818. The molecule has 168 valence electrons. The Morgan fingerprint density at radius 2 is 2.06 bits per heavy atom. The first kappa shape index (κ1) is 22.6. The number of non-ortho nitro benzene ring substituents is 1. The number of nitrogens with zero attached hydrogens (tertiary/aromatic N) is 3. The number of esters is 1. The van der Waals surface area contributed by atoms with Crippen LogP contribution in [0.15, 0.2) is 69.6 Å². The number of carbonyl (C=O) groups is 1. The van der Waals surface area contributed by atoms with Gasteiger partial charge in [0.25, 0.3) is 11.2 Å². The molecule has 0 amide bonds. The van der Waals surface area contributed by atoms with Crippen molar-refractivity contribution in [3.8, 4) is 0 Å². The first-order valence-corrected chi connectivity index (χ1v) is 11.2. The molecule has 0 aliphatic carbocycles. The minimum absolute atomic E-state index is 0.0779. The smallest absolute Gasteiger partial charge is 0.338 e. The molecule has 8 nitrogen and oxygen atoms in total. The Bertz CT molecular complexity index is 1490. The lowest BCUT2D eigenvalue weighted by Crippen LogP contribution is -2.40. The summed E-state index contributed by atoms with van der Waals surface area (Å²) in [5, 5.41) is 11.5. The lowest BCUT2D eigenvalue weighted by Gasteiger charge is -2.25. The van der Waals surface area contributed by atoms with E-state index in [0.717, 1.165) is 11.3 Å². The number of allylic oxidation sites excluding steroid dienone is 1. The van der Waals surface area contributed by atoms with E-state index in [0.29, 0.717) is 31.2 Å². The summed E-state index contributed by atoms with van der Waals surface area (Å²) < 4.78 is 7.00. The monoisotopic (exact) mass is 483 g/mol. The van der Waals surface area contributed by atoms with E-state index in [1.54, 1.807) is 56.3 Å². The first-order valence-electron chi connectivity index (χ1n) is 10.0. The van der Waals surface area contributed by atoms with Crippen LogP contribution in [-0.4, -0.2) is 22.1 Å². The van der Waals surface area contributed by atoms with E-state index >= 15 is 0 Å². The zero-order valence-corrected chi connectivity index (χ0v) is 19.2. The van der Waals surface area contributed by atoms with Crippen molar-refractivity contribution in [1.82, 2.24) is 4.57 Å². The van der Waals surface area contributed by atoms with Gasteiger partial charge in [-0.3, -0.25) is 19.5 Å². The van der Waals surface area contributed by atoms with E-state index in [-0.39, 0.29) is 23.4 Å². The summed E-state index contributed by atoms with van der Waals surface area (Å²) in [5.74, 6) is -0.573. The zero-order valence-electron chi connectivity index (χ0n) is 17.6. The zero-order chi connectivity index (χ0) is 23.7. The number of ether oxygens (including phenoxy) is 1. The summed E-state index contributed by atoms with van der Waals surface area (Å²) in [4.78, 5) is 41.9. The fraction of sp³-hybridized carbons (Fsp3) is 0.174. The van der Waals surface area contributed by atoms with Gasteiger partial charge in [-0.05, 0) is 37.1 Å². The number of hydrogen-bond donors (Lipinski definition) is 0. The van der Waals surface area contributed by atoms with Crippen LogP contribution in [0, 0.1) is 10.1 Å². The summed E-state index contributed by atoms with van der Waals surface area (Å²) in [6.07, 6.45) is 1.57. The number of thiazole rings is 1. The SMILES string of the molecule is CCOC(=O)C1=C(C)N=c2s/c(=C/c3cccc([N+](=O)[O-])c3)c(=O)n2[C@@H]1c1ccccc1Cl. The number of hydrogen-bond acceptors (Lipinski definition) is 7. The molecule has 0 saturated carbocycles. The molecular formula is C23H18ClN3O5S. The van der Waals surface area contributed by atoms with E-state index in [1.165, 1.54) is 16.7 Å². The number of rotatable bonds is 5. The highest BCUT2D eigenvalue weighted by atomic mass is 35.5. The van der Waals surface area contributed by atoms with Crippen molar-refractivity contribution in [2.45, 2.75) is 19.9 Å². The van der Waals surface area contributed by atoms with Crippen molar-refractivity contribution in [3.05, 3.63) is 106 Å². The van der Waals surface area contributed by atoms with Crippen LogP contribution in [0.3, 0.4) is 0 Å². The average Bonchev–Trinajstić information content (AvgIpc) is 3.08. The number of benzene rings is 2. The van der Waals surface area contributed by atoms with Gasteiger partial charge >= 0.3 is 5.97 Å². The summed E-state index contributed by atoms with van der Waals surface area (Å²) in [6, 6.07) is 12.2. The molecule has 0 bridgehead atoms. The minimum Gasteiger partial charge on any atom is -0.463 e. The van der Waals surface area contributed by atoms with Crippen LogP contribution in [-0.2, 0) is 9.53 Å². The number of nitro groups is 1. The van der Waals surface area contributed by atoms with E-state index in [9.17, 15) is 19.7 Å². The fourth-order valence-electron chi connectivity index (χ4n) is 3.66. The Balaban J connectivity index is 1.96. The molecular weight excluding hydrogens is 466 g/mol. The second-order valence-electron chi connectivity index (χ2n) is 7.18. The van der Waals surface area contributed by atoms with E-state index < -0.39 is 16.9 Å². The van der Waals surface area contributed by atoms with Gasteiger partial charge in [-0.2, -0.15) is 0 Å². The first-order chi connectivity index (χ1) is 15.8. The Kier molecular flexibility index (Phi) is 6.26. The lowest BCUT2D eigenvalue weighted by atomic mass is 9.96. The normalized spacial score (nSPS) is 15.7. The van der Waals surface area contributed by atoms with E-state index in [2.05, 4.69) is 4.99 Å². The van der Waals surface area contributed by atoms with Gasteiger partial charge in [0.05, 0.1) is 27.3 Å². The van der Waals surface area contributed by atoms with Crippen LogP contribution in [0.25, 0.3) is 6.08 Å². The molecule has 3 aromatic rings. The highest BCUT2D eigenvalue weighted by molar-refractivity contribution is 7.07. The quantitative estimate of drug-likeness (QED) is 0.314.